The highest BCUT2D eigenvalue weighted by atomic mass is 32.2. The zero-order valence-corrected chi connectivity index (χ0v) is 18.8. The summed E-state index contributed by atoms with van der Waals surface area (Å²) in [5, 5.41) is 0. The van der Waals surface area contributed by atoms with Crippen molar-refractivity contribution in [3.05, 3.63) is 89.5 Å². The zero-order valence-electron chi connectivity index (χ0n) is 18.0. The molecule has 0 amide bonds. The molecule has 0 N–H and O–H groups in total. The molecule has 0 atom stereocenters. The Kier molecular flexibility index (Phi) is 6.83. The number of sulfonamides is 1. The first-order valence-corrected chi connectivity index (χ1v) is 11.6. The Labute approximate surface area is 180 Å². The van der Waals surface area contributed by atoms with Gasteiger partial charge < -0.3 is 4.74 Å². The summed E-state index contributed by atoms with van der Waals surface area (Å²) in [7, 11) is -3.69. The maximum Gasteiger partial charge on any atom is 0.264 e. The van der Waals surface area contributed by atoms with E-state index in [4.69, 9.17) is 4.74 Å². The van der Waals surface area contributed by atoms with Gasteiger partial charge >= 0.3 is 0 Å². The monoisotopic (exact) mass is 423 g/mol. The van der Waals surface area contributed by atoms with Crippen LogP contribution < -0.4 is 9.04 Å². The Morgan fingerprint density at radius 3 is 2.17 bits per heavy atom. The minimum atomic E-state index is -3.69. The van der Waals surface area contributed by atoms with E-state index in [0.717, 1.165) is 22.4 Å². The summed E-state index contributed by atoms with van der Waals surface area (Å²) < 4.78 is 34.3. The number of hydrogen-bond donors (Lipinski definition) is 0. The van der Waals surface area contributed by atoms with Crippen LogP contribution in [-0.2, 0) is 16.6 Å². The number of benzene rings is 3. The lowest BCUT2D eigenvalue weighted by atomic mass is 10.1. The average molecular weight is 424 g/mol. The summed E-state index contributed by atoms with van der Waals surface area (Å²) in [6.45, 7) is 8.85. The summed E-state index contributed by atoms with van der Waals surface area (Å²) in [5.74, 6) is 0.827. The number of hydrogen-bond acceptors (Lipinski definition) is 3. The lowest BCUT2D eigenvalue weighted by Gasteiger charge is -2.28. The van der Waals surface area contributed by atoms with Gasteiger partial charge in [-0.05, 0) is 61.2 Å². The van der Waals surface area contributed by atoms with Gasteiger partial charge in [0.1, 0.15) is 12.4 Å². The highest BCUT2D eigenvalue weighted by Gasteiger charge is 2.26. The highest BCUT2D eigenvalue weighted by Crippen LogP contribution is 2.29. The maximum absolute atomic E-state index is 13.5. The standard InChI is InChI=1S/C25H29NO3S/c1-19(2)17-26(25-15-10-20(3)16-21(25)4)30(27,28)24-13-11-23(12-14-24)29-18-22-8-6-5-7-9-22/h5-16,19H,17-18H2,1-4H3. The van der Waals surface area contributed by atoms with Crippen molar-refractivity contribution in [2.24, 2.45) is 5.92 Å². The molecule has 0 aliphatic heterocycles. The Hall–Kier alpha value is -2.79. The molecule has 0 aromatic heterocycles. The van der Waals surface area contributed by atoms with Crippen molar-refractivity contribution in [1.29, 1.82) is 0 Å². The molecular weight excluding hydrogens is 394 g/mol. The molecule has 0 saturated carbocycles. The smallest absolute Gasteiger partial charge is 0.264 e. The lowest BCUT2D eigenvalue weighted by Crippen LogP contribution is -2.34. The molecule has 0 aliphatic carbocycles. The molecule has 0 aliphatic rings. The Bertz CT molecular complexity index is 1080. The zero-order chi connectivity index (χ0) is 21.7. The van der Waals surface area contributed by atoms with Crippen molar-refractivity contribution in [2.75, 3.05) is 10.8 Å². The summed E-state index contributed by atoms with van der Waals surface area (Å²) in [6, 6.07) is 22.4. The van der Waals surface area contributed by atoms with Gasteiger partial charge in [-0.15, -0.1) is 0 Å². The van der Waals surface area contributed by atoms with Crippen molar-refractivity contribution in [1.82, 2.24) is 0 Å². The third kappa shape index (κ3) is 5.22. The third-order valence-corrected chi connectivity index (χ3v) is 6.61. The number of rotatable bonds is 8. The van der Waals surface area contributed by atoms with Gasteiger partial charge in [0, 0.05) is 6.54 Å². The quantitative estimate of drug-likeness (QED) is 0.464. The van der Waals surface area contributed by atoms with Gasteiger partial charge in [0.2, 0.25) is 0 Å². The minimum Gasteiger partial charge on any atom is -0.489 e. The molecule has 3 aromatic carbocycles. The molecule has 0 saturated heterocycles. The maximum atomic E-state index is 13.5. The predicted octanol–water partition coefficient (Wildman–Crippen LogP) is 5.73. The van der Waals surface area contributed by atoms with E-state index in [1.54, 1.807) is 24.3 Å². The fraction of sp³-hybridized carbons (Fsp3) is 0.280. The molecular formula is C25H29NO3S. The van der Waals surface area contributed by atoms with Crippen LogP contribution in [0.3, 0.4) is 0 Å². The molecule has 0 radical (unpaired) electrons. The average Bonchev–Trinajstić information content (AvgIpc) is 2.72. The van der Waals surface area contributed by atoms with Crippen LogP contribution in [0.4, 0.5) is 5.69 Å². The molecule has 0 heterocycles. The Morgan fingerprint density at radius 2 is 1.57 bits per heavy atom. The molecule has 3 rings (SSSR count). The molecule has 30 heavy (non-hydrogen) atoms. The topological polar surface area (TPSA) is 46.6 Å². The minimum absolute atomic E-state index is 0.189. The van der Waals surface area contributed by atoms with Crippen LogP contribution in [0.5, 0.6) is 5.75 Å². The summed E-state index contributed by atoms with van der Waals surface area (Å²) in [4.78, 5) is 0.259. The summed E-state index contributed by atoms with van der Waals surface area (Å²) in [5.41, 5.74) is 3.84. The number of aryl methyl sites for hydroxylation is 2. The first kappa shape index (κ1) is 21.9. The molecule has 0 fully saturated rings. The number of nitrogens with zero attached hydrogens (tertiary/aromatic N) is 1. The second-order valence-corrected chi connectivity index (χ2v) is 9.83. The van der Waals surface area contributed by atoms with Crippen LogP contribution in [0.15, 0.2) is 77.7 Å². The van der Waals surface area contributed by atoms with E-state index < -0.39 is 10.0 Å². The third-order valence-electron chi connectivity index (χ3n) is 4.81. The molecule has 0 unspecified atom stereocenters. The van der Waals surface area contributed by atoms with Gasteiger partial charge in [0.15, 0.2) is 0 Å². The van der Waals surface area contributed by atoms with Gasteiger partial charge in [-0.3, -0.25) is 4.31 Å². The summed E-state index contributed by atoms with van der Waals surface area (Å²) >= 11 is 0. The van der Waals surface area contributed by atoms with Crippen LogP contribution in [0.2, 0.25) is 0 Å². The molecule has 4 nitrogen and oxygen atoms in total. The largest absolute Gasteiger partial charge is 0.489 e. The first-order valence-electron chi connectivity index (χ1n) is 10.1. The van der Waals surface area contributed by atoms with E-state index in [9.17, 15) is 8.42 Å². The van der Waals surface area contributed by atoms with Gasteiger partial charge in [-0.25, -0.2) is 8.42 Å². The number of anilines is 1. The Balaban J connectivity index is 1.85. The van der Waals surface area contributed by atoms with Crippen LogP contribution in [0.1, 0.15) is 30.5 Å². The fourth-order valence-corrected chi connectivity index (χ4v) is 5.01. The molecule has 3 aromatic rings. The van der Waals surface area contributed by atoms with Crippen molar-refractivity contribution in [3.8, 4) is 5.75 Å². The van der Waals surface area contributed by atoms with Gasteiger partial charge in [0.05, 0.1) is 10.6 Å². The second-order valence-electron chi connectivity index (χ2n) is 7.97. The van der Waals surface area contributed by atoms with E-state index in [2.05, 4.69) is 0 Å². The van der Waals surface area contributed by atoms with E-state index in [1.165, 1.54) is 4.31 Å². The molecule has 0 bridgehead atoms. The van der Waals surface area contributed by atoms with E-state index in [-0.39, 0.29) is 10.8 Å². The first-order chi connectivity index (χ1) is 14.3. The Morgan fingerprint density at radius 1 is 0.900 bits per heavy atom. The SMILES string of the molecule is Cc1ccc(N(CC(C)C)S(=O)(=O)c2ccc(OCc3ccccc3)cc2)c(C)c1. The molecule has 0 spiro atoms. The van der Waals surface area contributed by atoms with Gasteiger partial charge in [0.25, 0.3) is 10.0 Å². The van der Waals surface area contributed by atoms with Gasteiger partial charge in [-0.2, -0.15) is 0 Å². The second kappa shape index (κ2) is 9.35. The highest BCUT2D eigenvalue weighted by molar-refractivity contribution is 7.92. The van der Waals surface area contributed by atoms with Crippen LogP contribution in [0.25, 0.3) is 0 Å². The summed E-state index contributed by atoms with van der Waals surface area (Å²) in [6.07, 6.45) is 0. The van der Waals surface area contributed by atoms with Crippen LogP contribution in [0, 0.1) is 19.8 Å². The fourth-order valence-electron chi connectivity index (χ4n) is 3.32. The molecule has 158 valence electrons. The predicted molar refractivity (Wildman–Crippen MR) is 123 cm³/mol. The van der Waals surface area contributed by atoms with E-state index >= 15 is 0 Å². The van der Waals surface area contributed by atoms with Gasteiger partial charge in [-0.1, -0.05) is 61.9 Å². The van der Waals surface area contributed by atoms with Crippen molar-refractivity contribution >= 4 is 15.7 Å². The van der Waals surface area contributed by atoms with E-state index in [0.29, 0.717) is 18.9 Å². The van der Waals surface area contributed by atoms with Crippen molar-refractivity contribution in [2.45, 2.75) is 39.2 Å². The van der Waals surface area contributed by atoms with Crippen LogP contribution in [-0.4, -0.2) is 15.0 Å². The van der Waals surface area contributed by atoms with E-state index in [1.807, 2.05) is 76.2 Å². The van der Waals surface area contributed by atoms with Crippen LogP contribution >= 0.6 is 0 Å². The van der Waals surface area contributed by atoms with Crippen molar-refractivity contribution < 1.29 is 13.2 Å². The molecule has 5 heteroatoms. The normalized spacial score (nSPS) is 11.5. The lowest BCUT2D eigenvalue weighted by molar-refractivity contribution is 0.306. The number of ether oxygens (including phenoxy) is 1. The van der Waals surface area contributed by atoms with Crippen molar-refractivity contribution in [3.63, 3.8) is 0 Å².